The van der Waals surface area contributed by atoms with Crippen molar-refractivity contribution in [1.82, 2.24) is 15.1 Å². The van der Waals surface area contributed by atoms with Crippen LogP contribution >= 0.6 is 0 Å². The van der Waals surface area contributed by atoms with Gasteiger partial charge in [-0.1, -0.05) is 24.3 Å². The Morgan fingerprint density at radius 1 is 1.04 bits per heavy atom. The van der Waals surface area contributed by atoms with Crippen LogP contribution in [-0.2, 0) is 17.8 Å². The second-order valence-corrected chi connectivity index (χ2v) is 6.28. The van der Waals surface area contributed by atoms with Gasteiger partial charge in [0.05, 0.1) is 32.0 Å². The molecule has 2 amide bonds. The predicted molar refractivity (Wildman–Crippen MR) is 106 cm³/mol. The Labute approximate surface area is 163 Å². The Hall–Kier alpha value is -3.61. The second kappa shape index (κ2) is 8.85. The molecule has 0 saturated carbocycles. The minimum atomic E-state index is -0.226. The number of carbonyl (C=O) groups is 2. The maximum atomic E-state index is 12.4. The number of hydrogen-bond donors (Lipinski definition) is 2. The summed E-state index contributed by atoms with van der Waals surface area (Å²) in [4.78, 5) is 23.8. The Kier molecular flexibility index (Phi) is 6.06. The minimum absolute atomic E-state index is 0.0681. The van der Waals surface area contributed by atoms with E-state index in [1.165, 1.54) is 0 Å². The fourth-order valence-corrected chi connectivity index (χ4v) is 2.68. The topological polar surface area (TPSA) is 85.3 Å². The number of aromatic nitrogens is 2. The number of anilines is 1. The van der Waals surface area contributed by atoms with Crippen LogP contribution in [0.4, 0.5) is 5.69 Å². The van der Waals surface area contributed by atoms with Crippen molar-refractivity contribution >= 4 is 17.5 Å². The lowest BCUT2D eigenvalue weighted by Gasteiger charge is -2.05. The fraction of sp³-hybridized carbons (Fsp3) is 0.190. The van der Waals surface area contributed by atoms with Crippen LogP contribution in [0.25, 0.3) is 0 Å². The van der Waals surface area contributed by atoms with Crippen molar-refractivity contribution in [1.29, 1.82) is 0 Å². The molecule has 28 heavy (non-hydrogen) atoms. The lowest BCUT2D eigenvalue weighted by molar-refractivity contribution is -0.119. The van der Waals surface area contributed by atoms with Gasteiger partial charge in [-0.15, -0.1) is 0 Å². The molecule has 0 spiro atoms. The van der Waals surface area contributed by atoms with Crippen LogP contribution in [0.3, 0.4) is 0 Å². The van der Waals surface area contributed by atoms with Gasteiger partial charge in [0.15, 0.2) is 0 Å². The quantitative estimate of drug-likeness (QED) is 0.661. The third kappa shape index (κ3) is 4.97. The number of nitrogens with one attached hydrogen (secondary N) is 2. The van der Waals surface area contributed by atoms with E-state index in [1.54, 1.807) is 55.5 Å². The van der Waals surface area contributed by atoms with Gasteiger partial charge < -0.3 is 15.4 Å². The lowest BCUT2D eigenvalue weighted by Crippen LogP contribution is -2.20. The molecule has 2 N–H and O–H groups in total. The van der Waals surface area contributed by atoms with Gasteiger partial charge in [0.2, 0.25) is 5.91 Å². The molecule has 0 aliphatic carbocycles. The third-order valence-corrected chi connectivity index (χ3v) is 4.25. The van der Waals surface area contributed by atoms with Crippen LogP contribution < -0.4 is 15.4 Å². The number of likely N-dealkylation sites (N-methyl/N-ethyl adjacent to an activating group) is 1. The average Bonchev–Trinajstić information content (AvgIpc) is 3.15. The van der Waals surface area contributed by atoms with Crippen molar-refractivity contribution in [3.8, 4) is 5.75 Å². The maximum Gasteiger partial charge on any atom is 0.255 e. The normalized spacial score (nSPS) is 10.4. The van der Waals surface area contributed by atoms with E-state index in [-0.39, 0.29) is 18.2 Å². The molecule has 1 aromatic heterocycles. The fourth-order valence-electron chi connectivity index (χ4n) is 2.68. The van der Waals surface area contributed by atoms with Gasteiger partial charge in [-0.05, 0) is 35.4 Å². The first-order valence-electron chi connectivity index (χ1n) is 8.83. The second-order valence-electron chi connectivity index (χ2n) is 6.28. The Balaban J connectivity index is 1.59. The van der Waals surface area contributed by atoms with Crippen molar-refractivity contribution in [2.75, 3.05) is 19.5 Å². The van der Waals surface area contributed by atoms with Crippen LogP contribution in [-0.4, -0.2) is 35.8 Å². The molecule has 7 nitrogen and oxygen atoms in total. The van der Waals surface area contributed by atoms with Crippen molar-refractivity contribution in [2.24, 2.45) is 0 Å². The van der Waals surface area contributed by atoms with E-state index in [1.807, 2.05) is 24.3 Å². The molecule has 1 heterocycles. The average molecular weight is 378 g/mol. The minimum Gasteiger partial charge on any atom is -0.497 e. The van der Waals surface area contributed by atoms with Crippen molar-refractivity contribution in [3.05, 3.63) is 77.6 Å². The Morgan fingerprint density at radius 3 is 2.36 bits per heavy atom. The summed E-state index contributed by atoms with van der Waals surface area (Å²) in [6.45, 7) is 0.591. The molecule has 0 fully saturated rings. The third-order valence-electron chi connectivity index (χ3n) is 4.25. The molecule has 3 rings (SSSR count). The first-order chi connectivity index (χ1) is 13.6. The number of amides is 2. The summed E-state index contributed by atoms with van der Waals surface area (Å²) in [7, 11) is 3.23. The van der Waals surface area contributed by atoms with E-state index in [9.17, 15) is 9.59 Å². The zero-order valence-corrected chi connectivity index (χ0v) is 15.8. The van der Waals surface area contributed by atoms with E-state index in [0.717, 1.165) is 16.9 Å². The van der Waals surface area contributed by atoms with E-state index in [0.29, 0.717) is 17.8 Å². The van der Waals surface area contributed by atoms with E-state index < -0.39 is 0 Å². The van der Waals surface area contributed by atoms with Crippen LogP contribution in [0.15, 0.2) is 60.9 Å². The van der Waals surface area contributed by atoms with Gasteiger partial charge in [0, 0.05) is 18.8 Å². The Morgan fingerprint density at radius 2 is 1.71 bits per heavy atom. The van der Waals surface area contributed by atoms with E-state index in [4.69, 9.17) is 4.74 Å². The van der Waals surface area contributed by atoms with E-state index >= 15 is 0 Å². The number of hydrogen-bond acceptors (Lipinski definition) is 4. The molecule has 144 valence electrons. The summed E-state index contributed by atoms with van der Waals surface area (Å²) >= 11 is 0. The van der Waals surface area contributed by atoms with Crippen molar-refractivity contribution in [3.63, 3.8) is 0 Å². The number of benzene rings is 2. The van der Waals surface area contributed by atoms with Gasteiger partial charge in [0.25, 0.3) is 5.91 Å². The lowest BCUT2D eigenvalue weighted by atomic mass is 10.1. The molecule has 0 aliphatic rings. The van der Waals surface area contributed by atoms with Crippen molar-refractivity contribution < 1.29 is 14.3 Å². The smallest absolute Gasteiger partial charge is 0.255 e. The molecule has 0 saturated heterocycles. The van der Waals surface area contributed by atoms with Gasteiger partial charge in [0.1, 0.15) is 5.75 Å². The zero-order chi connectivity index (χ0) is 19.9. The largest absolute Gasteiger partial charge is 0.497 e. The molecule has 0 radical (unpaired) electrons. The number of nitrogens with zero attached hydrogens (tertiary/aromatic N) is 2. The molecule has 2 aromatic carbocycles. The summed E-state index contributed by atoms with van der Waals surface area (Å²) in [5.41, 5.74) is 3.06. The van der Waals surface area contributed by atoms with E-state index in [2.05, 4.69) is 15.7 Å². The number of ether oxygens (including phenoxy) is 1. The highest BCUT2D eigenvalue weighted by Gasteiger charge is 2.09. The predicted octanol–water partition coefficient (Wildman–Crippen LogP) is 2.48. The van der Waals surface area contributed by atoms with Gasteiger partial charge >= 0.3 is 0 Å². The molecule has 0 aliphatic heterocycles. The summed E-state index contributed by atoms with van der Waals surface area (Å²) < 4.78 is 6.91. The van der Waals surface area contributed by atoms with Crippen LogP contribution in [0.5, 0.6) is 5.75 Å². The zero-order valence-electron chi connectivity index (χ0n) is 15.8. The molecule has 3 aromatic rings. The van der Waals surface area contributed by atoms with Gasteiger partial charge in [-0.25, -0.2) is 0 Å². The highest BCUT2D eigenvalue weighted by atomic mass is 16.5. The molecule has 7 heteroatoms. The van der Waals surface area contributed by atoms with Gasteiger partial charge in [-0.2, -0.15) is 5.10 Å². The highest BCUT2D eigenvalue weighted by molar-refractivity contribution is 6.04. The summed E-state index contributed by atoms with van der Waals surface area (Å²) in [5.74, 6) is 0.510. The number of rotatable bonds is 7. The Bertz CT molecular complexity index is 947. The summed E-state index contributed by atoms with van der Waals surface area (Å²) in [6.07, 6.45) is 3.68. The van der Waals surface area contributed by atoms with Crippen LogP contribution in [0.1, 0.15) is 21.5 Å². The highest BCUT2D eigenvalue weighted by Crippen LogP contribution is 2.14. The van der Waals surface area contributed by atoms with Crippen molar-refractivity contribution in [2.45, 2.75) is 13.0 Å². The SMILES string of the molecule is CNC(=O)Cc1ccc(C(=O)Nc2cnn(Cc3ccc(OC)cc3)c2)cc1. The standard InChI is InChI=1S/C21H22N4O3/c1-22-20(26)11-15-3-7-17(8-4-15)21(27)24-18-12-23-25(14-18)13-16-5-9-19(28-2)10-6-16/h3-10,12,14H,11,13H2,1-2H3,(H,22,26)(H,24,27). The number of methoxy groups -OCH3 is 1. The summed E-state index contributed by atoms with van der Waals surface area (Å²) in [5, 5.41) is 9.69. The monoisotopic (exact) mass is 378 g/mol. The molecule has 0 atom stereocenters. The first kappa shape index (κ1) is 19.2. The first-order valence-corrected chi connectivity index (χ1v) is 8.83. The molecule has 0 unspecified atom stereocenters. The maximum absolute atomic E-state index is 12.4. The van der Waals surface area contributed by atoms with Gasteiger partial charge in [-0.3, -0.25) is 14.3 Å². The molecular formula is C21H22N4O3. The van der Waals surface area contributed by atoms with Crippen LogP contribution in [0, 0.1) is 0 Å². The molecule has 0 bridgehead atoms. The van der Waals surface area contributed by atoms with Crippen LogP contribution in [0.2, 0.25) is 0 Å². The summed E-state index contributed by atoms with van der Waals surface area (Å²) in [6, 6.07) is 14.7. The number of carbonyl (C=O) groups excluding carboxylic acids is 2. The molecular weight excluding hydrogens is 356 g/mol.